The molecule has 107 heavy (non-hydrogen) atoms. The molecule has 0 saturated carbocycles. The fourth-order valence-electron chi connectivity index (χ4n) is 9.68. The summed E-state index contributed by atoms with van der Waals surface area (Å²) in [5.74, 6) is 0. The van der Waals surface area contributed by atoms with E-state index in [0.717, 1.165) is 102 Å². The molecular weight excluding hydrogens is 1320 g/mol. The number of hydrogen-bond donors (Lipinski definition) is 0. The van der Waals surface area contributed by atoms with Crippen LogP contribution < -0.4 is 0 Å². The quantitative estimate of drug-likeness (QED) is 0.139. The lowest BCUT2D eigenvalue weighted by molar-refractivity contribution is 1.17. The SMILES string of the molecule is Cc1ccc(-c2cc(C)ccn2)nc1.Cc1ccc(-c2ccc(C)cn2)nc1.Cc1ccc(-c2cccc(C)n2)nc1.Cc1ccc(-c2ccccn2)nc1.Cc1ccc(-c2cccnc2)nc1.Cc1ccc(-c2ccncc2)nc1.Cc1cccc(-c2ccccn2)n1.Cc1ccnc(-c2ccccn2)c1. The van der Waals surface area contributed by atoms with Crippen LogP contribution >= 0.6 is 0 Å². The normalized spacial score (nSPS) is 10.0. The van der Waals surface area contributed by atoms with Gasteiger partial charge in [0, 0.05) is 122 Å². The summed E-state index contributed by atoms with van der Waals surface area (Å²) in [6, 6.07) is 73.6. The summed E-state index contributed by atoms with van der Waals surface area (Å²) in [5, 5.41) is 0. The zero-order valence-corrected chi connectivity index (χ0v) is 62.3. The van der Waals surface area contributed by atoms with Crippen molar-refractivity contribution < 1.29 is 0 Å². The van der Waals surface area contributed by atoms with Crippen LogP contribution in [0.15, 0.2) is 324 Å². The molecule has 16 heteroatoms. The number of pyridine rings is 16. The highest BCUT2D eigenvalue weighted by molar-refractivity contribution is 5.61. The molecule has 16 aromatic heterocycles. The van der Waals surface area contributed by atoms with Gasteiger partial charge in [0.2, 0.25) is 0 Å². The fourth-order valence-corrected chi connectivity index (χ4v) is 9.68. The van der Waals surface area contributed by atoms with Gasteiger partial charge in [-0.1, -0.05) is 72.8 Å². The third-order valence-corrected chi connectivity index (χ3v) is 15.5. The summed E-state index contributed by atoms with van der Waals surface area (Å²) in [6.45, 7) is 22.3. The topological polar surface area (TPSA) is 206 Å². The molecule has 0 atom stereocenters. The number of nitrogens with zero attached hydrogens (tertiary/aromatic N) is 16. The van der Waals surface area contributed by atoms with Crippen LogP contribution in [-0.2, 0) is 0 Å². The summed E-state index contributed by atoms with van der Waals surface area (Å²) < 4.78 is 0. The maximum absolute atomic E-state index is 4.41. The first kappa shape index (κ1) is 77.6. The van der Waals surface area contributed by atoms with Crippen LogP contribution in [0.2, 0.25) is 0 Å². The van der Waals surface area contributed by atoms with E-state index >= 15 is 0 Å². The predicted molar refractivity (Wildman–Crippen MR) is 432 cm³/mol. The molecule has 0 radical (unpaired) electrons. The number of rotatable bonds is 8. The molecule has 0 bridgehead atoms. The van der Waals surface area contributed by atoms with Crippen molar-refractivity contribution in [1.29, 1.82) is 0 Å². The van der Waals surface area contributed by atoms with Crippen LogP contribution in [0, 0.1) is 76.2 Å². The number of hydrogen-bond acceptors (Lipinski definition) is 16. The Balaban J connectivity index is 0.000000141. The molecule has 0 N–H and O–H groups in total. The number of aromatic nitrogens is 16. The molecule has 0 unspecified atom stereocenters. The van der Waals surface area contributed by atoms with Crippen LogP contribution in [0.5, 0.6) is 0 Å². The van der Waals surface area contributed by atoms with Crippen LogP contribution in [-0.4, -0.2) is 79.7 Å². The molecule has 0 amide bonds. The highest BCUT2D eigenvalue weighted by Gasteiger charge is 2.05. The van der Waals surface area contributed by atoms with E-state index in [9.17, 15) is 0 Å². The van der Waals surface area contributed by atoms with E-state index in [4.69, 9.17) is 0 Å². The van der Waals surface area contributed by atoms with Gasteiger partial charge in [0.25, 0.3) is 0 Å². The minimum atomic E-state index is 0.919. The Hall–Kier alpha value is -13.6. The second kappa shape index (κ2) is 41.5. The van der Waals surface area contributed by atoms with Crippen LogP contribution in [0.1, 0.15) is 61.5 Å². The van der Waals surface area contributed by atoms with E-state index in [2.05, 4.69) is 98.8 Å². The monoisotopic (exact) mass is 1400 g/mol. The largest absolute Gasteiger partial charge is 0.265 e. The molecule has 530 valence electrons. The van der Waals surface area contributed by atoms with Crippen molar-refractivity contribution >= 4 is 0 Å². The van der Waals surface area contributed by atoms with Crippen molar-refractivity contribution in [3.63, 3.8) is 0 Å². The Morgan fingerprint density at radius 1 is 0.159 bits per heavy atom. The minimum absolute atomic E-state index is 0.919. The lowest BCUT2D eigenvalue weighted by atomic mass is 10.1. The van der Waals surface area contributed by atoms with Crippen molar-refractivity contribution in [2.24, 2.45) is 0 Å². The maximum Gasteiger partial charge on any atom is 0.0889 e. The molecule has 0 fully saturated rings. The van der Waals surface area contributed by atoms with Gasteiger partial charge in [-0.05, 0) is 278 Å². The van der Waals surface area contributed by atoms with Gasteiger partial charge < -0.3 is 0 Å². The Kier molecular flexibility index (Phi) is 30.1. The molecule has 16 nitrogen and oxygen atoms in total. The Morgan fingerprint density at radius 2 is 0.458 bits per heavy atom. The first-order valence-electron chi connectivity index (χ1n) is 34.8. The van der Waals surface area contributed by atoms with Crippen molar-refractivity contribution in [3.8, 4) is 90.8 Å². The van der Waals surface area contributed by atoms with Gasteiger partial charge in [0.1, 0.15) is 0 Å². The molecule has 0 aromatic carbocycles. The molecular formula is C91H86N16. The van der Waals surface area contributed by atoms with Gasteiger partial charge in [0.15, 0.2) is 0 Å². The van der Waals surface area contributed by atoms with E-state index < -0.39 is 0 Å². The van der Waals surface area contributed by atoms with E-state index in [-0.39, 0.29) is 0 Å². The average molecular weight is 1400 g/mol. The van der Waals surface area contributed by atoms with Crippen LogP contribution in [0.25, 0.3) is 90.8 Å². The summed E-state index contributed by atoms with van der Waals surface area (Å²) in [5.41, 5.74) is 27.9. The molecule has 0 aliphatic rings. The number of aryl methyl sites for hydroxylation is 11. The van der Waals surface area contributed by atoms with Gasteiger partial charge in [-0.25, -0.2) is 0 Å². The molecule has 0 aliphatic heterocycles. The van der Waals surface area contributed by atoms with E-state index in [1.807, 2.05) is 337 Å². The summed E-state index contributed by atoms with van der Waals surface area (Å²) >= 11 is 0. The lowest BCUT2D eigenvalue weighted by Crippen LogP contribution is -1.89. The van der Waals surface area contributed by atoms with Crippen LogP contribution in [0.4, 0.5) is 0 Å². The van der Waals surface area contributed by atoms with Gasteiger partial charge in [-0.2, -0.15) is 0 Å². The van der Waals surface area contributed by atoms with Crippen molar-refractivity contribution in [2.75, 3.05) is 0 Å². The first-order chi connectivity index (χ1) is 52.1. The van der Waals surface area contributed by atoms with Gasteiger partial charge in [-0.3, -0.25) is 79.7 Å². The average Bonchev–Trinajstić information content (AvgIpc) is 0.784. The second-order valence-electron chi connectivity index (χ2n) is 24.9. The van der Waals surface area contributed by atoms with Gasteiger partial charge in [-0.15, -0.1) is 0 Å². The Bertz CT molecular complexity index is 4800. The molecule has 16 rings (SSSR count). The molecule has 0 aliphatic carbocycles. The second-order valence-corrected chi connectivity index (χ2v) is 24.9. The molecule has 16 heterocycles. The van der Waals surface area contributed by atoms with E-state index in [0.29, 0.717) is 0 Å². The molecule has 0 saturated heterocycles. The summed E-state index contributed by atoms with van der Waals surface area (Å²) in [6.07, 6.45) is 29.1. The van der Waals surface area contributed by atoms with Crippen LogP contribution in [0.3, 0.4) is 0 Å². The van der Waals surface area contributed by atoms with Gasteiger partial charge >= 0.3 is 0 Å². The molecule has 16 aromatic rings. The van der Waals surface area contributed by atoms with Crippen molar-refractivity contribution in [3.05, 3.63) is 385 Å². The first-order valence-corrected chi connectivity index (χ1v) is 34.8. The smallest absolute Gasteiger partial charge is 0.0889 e. The van der Waals surface area contributed by atoms with E-state index in [1.54, 1.807) is 43.4 Å². The maximum atomic E-state index is 4.41. The zero-order chi connectivity index (χ0) is 75.4. The Morgan fingerprint density at radius 3 is 0.766 bits per heavy atom. The fraction of sp³-hybridized carbons (Fsp3) is 0.121. The lowest BCUT2D eigenvalue weighted by Gasteiger charge is -2.00. The third-order valence-electron chi connectivity index (χ3n) is 15.5. The summed E-state index contributed by atoms with van der Waals surface area (Å²) in [7, 11) is 0. The minimum Gasteiger partial charge on any atom is -0.265 e. The van der Waals surface area contributed by atoms with Crippen molar-refractivity contribution in [1.82, 2.24) is 79.7 Å². The zero-order valence-electron chi connectivity index (χ0n) is 62.3. The highest BCUT2D eigenvalue weighted by atomic mass is 14.8. The van der Waals surface area contributed by atoms with E-state index in [1.165, 1.54) is 50.1 Å². The molecule has 0 spiro atoms. The van der Waals surface area contributed by atoms with Crippen molar-refractivity contribution in [2.45, 2.75) is 76.2 Å². The Labute approximate surface area is 628 Å². The highest BCUT2D eigenvalue weighted by Crippen LogP contribution is 2.21. The summed E-state index contributed by atoms with van der Waals surface area (Å²) in [4.78, 5) is 68.2. The standard InChI is InChI=1S/3C12H12N2.5C11H10N2/c1-9-3-5-11(13-7-9)12-6-4-10(2)8-14-12;1-9-5-6-13-12(7-9)11-4-3-10(2)8-14-11;1-9-6-7-11(13-8-9)12-5-3-4-10(2)14-12;1-9-2-3-11(13-8-9)10-4-6-12-7-5-10;1-9-4-5-11(13-7-9)10-3-2-6-12-8-10;1-9-5-4-7-11(13-9)10-6-2-3-8-12-10;1-9-5-6-11(13-8-9)10-4-2-3-7-12-10;1-9-5-7-13-11(8-9)10-4-2-3-6-12-10/h3*3-8H,1-2H3;5*2-8H,1H3. The predicted octanol–water partition coefficient (Wildman–Crippen LogP) is 20.5. The third kappa shape index (κ3) is 26.6. The van der Waals surface area contributed by atoms with Gasteiger partial charge in [0.05, 0.1) is 79.7 Å².